The molecule has 20 heavy (non-hydrogen) atoms. The van der Waals surface area contributed by atoms with Gasteiger partial charge < -0.3 is 9.84 Å². The second kappa shape index (κ2) is 5.36. The second-order valence-electron chi connectivity index (χ2n) is 5.64. The molecule has 3 heteroatoms. The minimum absolute atomic E-state index is 0.139. The topological polar surface area (TPSA) is 29.5 Å². The van der Waals surface area contributed by atoms with E-state index in [1.807, 2.05) is 36.4 Å². The lowest BCUT2D eigenvalue weighted by atomic mass is 9.75. The van der Waals surface area contributed by atoms with Crippen molar-refractivity contribution in [3.05, 3.63) is 47.0 Å². The van der Waals surface area contributed by atoms with Crippen LogP contribution in [0.1, 0.15) is 37.4 Å². The molecule has 3 rings (SSSR count). The number of fused-ring (bicyclic) bond motifs is 1. The van der Waals surface area contributed by atoms with Crippen LogP contribution in [-0.2, 0) is 4.74 Å². The molecule has 1 unspecified atom stereocenters. The van der Waals surface area contributed by atoms with Gasteiger partial charge in [-0.15, -0.1) is 0 Å². The summed E-state index contributed by atoms with van der Waals surface area (Å²) in [5.41, 5.74) is 0.800. The zero-order chi connectivity index (χ0) is 14.2. The summed E-state index contributed by atoms with van der Waals surface area (Å²) in [5, 5.41) is 13.4. The van der Waals surface area contributed by atoms with Crippen molar-refractivity contribution in [3.63, 3.8) is 0 Å². The van der Waals surface area contributed by atoms with Crippen LogP contribution in [0.2, 0.25) is 5.02 Å². The summed E-state index contributed by atoms with van der Waals surface area (Å²) in [5.74, 6) is 0. The largest absolute Gasteiger partial charge is 0.388 e. The highest BCUT2D eigenvalue weighted by Crippen LogP contribution is 2.43. The van der Waals surface area contributed by atoms with Crippen LogP contribution in [0.4, 0.5) is 0 Å². The minimum Gasteiger partial charge on any atom is -0.388 e. The maximum atomic E-state index is 10.6. The first-order valence-corrected chi connectivity index (χ1v) is 7.43. The van der Waals surface area contributed by atoms with Gasteiger partial charge in [0.25, 0.3) is 0 Å². The minimum atomic E-state index is -0.516. The zero-order valence-electron chi connectivity index (χ0n) is 11.6. The van der Waals surface area contributed by atoms with E-state index in [2.05, 4.69) is 0 Å². The van der Waals surface area contributed by atoms with Crippen molar-refractivity contribution in [1.82, 2.24) is 0 Å². The molecule has 1 aliphatic rings. The van der Waals surface area contributed by atoms with E-state index in [0.29, 0.717) is 6.42 Å². The lowest BCUT2D eigenvalue weighted by molar-refractivity contribution is -0.0997. The number of methoxy groups -OCH3 is 1. The molecule has 0 aromatic heterocycles. The van der Waals surface area contributed by atoms with Crippen LogP contribution in [0.25, 0.3) is 10.8 Å². The molecule has 2 aromatic rings. The summed E-state index contributed by atoms with van der Waals surface area (Å²) in [6.07, 6.45) is 3.38. The molecule has 2 nitrogen and oxygen atoms in total. The smallest absolute Gasteiger partial charge is 0.0823 e. The van der Waals surface area contributed by atoms with Crippen molar-refractivity contribution < 1.29 is 9.84 Å². The molecule has 106 valence electrons. The van der Waals surface area contributed by atoms with Gasteiger partial charge >= 0.3 is 0 Å². The van der Waals surface area contributed by atoms with Crippen molar-refractivity contribution in [2.75, 3.05) is 7.11 Å². The van der Waals surface area contributed by atoms with E-state index in [4.69, 9.17) is 16.3 Å². The van der Waals surface area contributed by atoms with Gasteiger partial charge in [-0.3, -0.25) is 0 Å². The van der Waals surface area contributed by atoms with E-state index in [1.54, 1.807) is 7.11 Å². The van der Waals surface area contributed by atoms with Gasteiger partial charge in [0.1, 0.15) is 0 Å². The van der Waals surface area contributed by atoms with Gasteiger partial charge in [0, 0.05) is 23.9 Å². The first-order chi connectivity index (χ1) is 9.65. The van der Waals surface area contributed by atoms with Crippen LogP contribution < -0.4 is 0 Å². The fourth-order valence-electron chi connectivity index (χ4n) is 3.10. The molecule has 1 fully saturated rings. The molecule has 0 amide bonds. The zero-order valence-corrected chi connectivity index (χ0v) is 12.4. The standard InChI is InChI=1S/C17H19ClO2/c1-20-17(9-4-10-17)11-16(19)14-7-8-15(18)13-6-3-2-5-12(13)14/h2-3,5-8,16,19H,4,9-11H2,1H3. The Morgan fingerprint density at radius 1 is 1.20 bits per heavy atom. The quantitative estimate of drug-likeness (QED) is 0.899. The molecule has 1 saturated carbocycles. The molecule has 1 aliphatic carbocycles. The number of benzene rings is 2. The Balaban J connectivity index is 1.95. The van der Waals surface area contributed by atoms with Crippen LogP contribution in [-0.4, -0.2) is 17.8 Å². The Morgan fingerprint density at radius 3 is 2.50 bits per heavy atom. The van der Waals surface area contributed by atoms with E-state index >= 15 is 0 Å². The molecule has 2 aromatic carbocycles. The molecule has 0 heterocycles. The molecule has 0 radical (unpaired) electrons. The summed E-state index contributed by atoms with van der Waals surface area (Å²) >= 11 is 6.23. The van der Waals surface area contributed by atoms with Gasteiger partial charge in [-0.1, -0.05) is 41.9 Å². The number of aliphatic hydroxyl groups is 1. The van der Waals surface area contributed by atoms with E-state index in [0.717, 1.165) is 34.2 Å². The predicted molar refractivity (Wildman–Crippen MR) is 82.1 cm³/mol. The Labute approximate surface area is 124 Å². The van der Waals surface area contributed by atoms with Crippen LogP contribution >= 0.6 is 11.6 Å². The van der Waals surface area contributed by atoms with Gasteiger partial charge in [-0.25, -0.2) is 0 Å². The average Bonchev–Trinajstić information content (AvgIpc) is 2.43. The summed E-state index contributed by atoms with van der Waals surface area (Å²) in [6.45, 7) is 0. The summed E-state index contributed by atoms with van der Waals surface area (Å²) in [6, 6.07) is 11.7. The Bertz CT molecular complexity index is 614. The fraction of sp³-hybridized carbons (Fsp3) is 0.412. The van der Waals surface area contributed by atoms with Gasteiger partial charge in [0.05, 0.1) is 11.7 Å². The van der Waals surface area contributed by atoms with Crippen LogP contribution in [0.3, 0.4) is 0 Å². The fourth-order valence-corrected chi connectivity index (χ4v) is 3.33. The van der Waals surface area contributed by atoms with Gasteiger partial charge in [0.2, 0.25) is 0 Å². The van der Waals surface area contributed by atoms with Crippen LogP contribution in [0.15, 0.2) is 36.4 Å². The number of hydrogen-bond donors (Lipinski definition) is 1. The summed E-state index contributed by atoms with van der Waals surface area (Å²) in [7, 11) is 1.74. The molecule has 0 bridgehead atoms. The van der Waals surface area contributed by atoms with E-state index in [1.165, 1.54) is 6.42 Å². The first kappa shape index (κ1) is 13.9. The summed E-state index contributed by atoms with van der Waals surface area (Å²) in [4.78, 5) is 0. The third-order valence-corrected chi connectivity index (χ3v) is 4.86. The number of rotatable bonds is 4. The van der Waals surface area contributed by atoms with E-state index < -0.39 is 6.10 Å². The number of aliphatic hydroxyl groups excluding tert-OH is 1. The van der Waals surface area contributed by atoms with Crippen LogP contribution in [0.5, 0.6) is 0 Å². The van der Waals surface area contributed by atoms with E-state index in [9.17, 15) is 5.11 Å². The number of hydrogen-bond acceptors (Lipinski definition) is 2. The normalized spacial score (nSPS) is 18.8. The molecule has 0 saturated heterocycles. The number of ether oxygens (including phenoxy) is 1. The third kappa shape index (κ3) is 2.32. The molecular formula is C17H19ClO2. The van der Waals surface area contributed by atoms with Crippen LogP contribution in [0, 0.1) is 0 Å². The molecule has 1 atom stereocenters. The highest BCUT2D eigenvalue weighted by atomic mass is 35.5. The maximum absolute atomic E-state index is 10.6. The Hall–Kier alpha value is -1.09. The van der Waals surface area contributed by atoms with Gasteiger partial charge in [0.15, 0.2) is 0 Å². The van der Waals surface area contributed by atoms with Crippen molar-refractivity contribution in [1.29, 1.82) is 0 Å². The van der Waals surface area contributed by atoms with Crippen molar-refractivity contribution in [3.8, 4) is 0 Å². The first-order valence-electron chi connectivity index (χ1n) is 7.06. The third-order valence-electron chi connectivity index (χ3n) is 4.53. The maximum Gasteiger partial charge on any atom is 0.0823 e. The lowest BCUT2D eigenvalue weighted by Crippen LogP contribution is -2.40. The lowest BCUT2D eigenvalue weighted by Gasteiger charge is -2.42. The SMILES string of the molecule is COC1(CC(O)c2ccc(Cl)c3ccccc23)CCC1. The number of halogens is 1. The molecular weight excluding hydrogens is 272 g/mol. The predicted octanol–water partition coefficient (Wildman–Crippen LogP) is 4.49. The highest BCUT2D eigenvalue weighted by Gasteiger charge is 2.39. The Morgan fingerprint density at radius 2 is 1.90 bits per heavy atom. The monoisotopic (exact) mass is 290 g/mol. The van der Waals surface area contributed by atoms with Gasteiger partial charge in [-0.2, -0.15) is 0 Å². The summed E-state index contributed by atoms with van der Waals surface area (Å²) < 4.78 is 5.62. The highest BCUT2D eigenvalue weighted by molar-refractivity contribution is 6.35. The molecule has 0 spiro atoms. The van der Waals surface area contributed by atoms with Gasteiger partial charge in [-0.05, 0) is 36.3 Å². The van der Waals surface area contributed by atoms with Crippen molar-refractivity contribution in [2.45, 2.75) is 37.4 Å². The average molecular weight is 291 g/mol. The molecule has 1 N–H and O–H groups in total. The van der Waals surface area contributed by atoms with Crippen molar-refractivity contribution >= 4 is 22.4 Å². The van der Waals surface area contributed by atoms with Crippen molar-refractivity contribution in [2.24, 2.45) is 0 Å². The Kier molecular flexibility index (Phi) is 3.72. The second-order valence-corrected chi connectivity index (χ2v) is 6.05. The van der Waals surface area contributed by atoms with E-state index in [-0.39, 0.29) is 5.60 Å². The molecule has 0 aliphatic heterocycles.